The minimum absolute atomic E-state index is 0.121. The van der Waals surface area contributed by atoms with Crippen LogP contribution in [0, 0.1) is 12.8 Å². The molecule has 2 atom stereocenters. The molecule has 19 heavy (non-hydrogen) atoms. The number of para-hydroxylation sites is 1. The van der Waals surface area contributed by atoms with E-state index in [1.165, 1.54) is 0 Å². The molecule has 1 N–H and O–H groups in total. The summed E-state index contributed by atoms with van der Waals surface area (Å²) in [7, 11) is 0. The van der Waals surface area contributed by atoms with Crippen molar-refractivity contribution in [2.75, 3.05) is 18.0 Å². The van der Waals surface area contributed by atoms with E-state index in [1.807, 2.05) is 30.0 Å². The molecule has 0 aliphatic carbocycles. The number of benzene rings is 1. The van der Waals surface area contributed by atoms with Crippen LogP contribution in [-0.4, -0.2) is 25.0 Å². The van der Waals surface area contributed by atoms with Crippen molar-refractivity contribution >= 4 is 11.6 Å². The summed E-state index contributed by atoms with van der Waals surface area (Å²) < 4.78 is 0. The Labute approximate surface area is 116 Å². The lowest BCUT2D eigenvalue weighted by molar-refractivity contribution is -0.123. The Kier molecular flexibility index (Phi) is 4.59. The van der Waals surface area contributed by atoms with Gasteiger partial charge in [0, 0.05) is 24.8 Å². The van der Waals surface area contributed by atoms with Gasteiger partial charge in [0.15, 0.2) is 0 Å². The molecule has 1 aliphatic rings. The van der Waals surface area contributed by atoms with Gasteiger partial charge in [-0.2, -0.15) is 0 Å². The number of nitrogens with one attached hydrogen (secondary N) is 1. The van der Waals surface area contributed by atoms with E-state index in [9.17, 15) is 4.79 Å². The molecule has 2 unspecified atom stereocenters. The number of carbonyl (C=O) groups excluding carboxylic acids is 1. The molecule has 0 saturated carbocycles. The normalized spacial score (nSPS) is 23.1. The van der Waals surface area contributed by atoms with Crippen molar-refractivity contribution in [2.24, 2.45) is 5.92 Å². The van der Waals surface area contributed by atoms with Crippen molar-refractivity contribution in [3.05, 3.63) is 29.8 Å². The first-order valence-electron chi connectivity index (χ1n) is 7.24. The molecule has 1 saturated heterocycles. The highest BCUT2D eigenvalue weighted by atomic mass is 16.2. The summed E-state index contributed by atoms with van der Waals surface area (Å²) in [6, 6.07) is 8.65. The van der Waals surface area contributed by atoms with Gasteiger partial charge in [0.2, 0.25) is 5.91 Å². The lowest BCUT2D eigenvalue weighted by Crippen LogP contribution is -2.46. The van der Waals surface area contributed by atoms with Crippen molar-refractivity contribution in [3.63, 3.8) is 0 Å². The summed E-state index contributed by atoms with van der Waals surface area (Å²) in [4.78, 5) is 14.6. The number of piperidine rings is 1. The minimum Gasteiger partial charge on any atom is -0.313 e. The Morgan fingerprint density at radius 3 is 2.68 bits per heavy atom. The summed E-state index contributed by atoms with van der Waals surface area (Å²) in [5.41, 5.74) is 2.21. The molecule has 3 heteroatoms. The van der Waals surface area contributed by atoms with Crippen LogP contribution in [0.5, 0.6) is 0 Å². The SMILES string of the molecule is CCN(C(=O)C1CCC(C)NC1)c1ccccc1C. The van der Waals surface area contributed by atoms with Crippen LogP contribution in [-0.2, 0) is 4.79 Å². The fraction of sp³-hybridized carbons (Fsp3) is 0.562. The molecule has 1 aliphatic heterocycles. The fourth-order valence-corrected chi connectivity index (χ4v) is 2.74. The lowest BCUT2D eigenvalue weighted by atomic mass is 9.94. The molecule has 0 radical (unpaired) electrons. The fourth-order valence-electron chi connectivity index (χ4n) is 2.74. The van der Waals surface area contributed by atoms with Crippen molar-refractivity contribution in [3.8, 4) is 0 Å². The molecule has 1 fully saturated rings. The highest BCUT2D eigenvalue weighted by Gasteiger charge is 2.28. The standard InChI is InChI=1S/C16H24N2O/c1-4-18(15-8-6-5-7-12(15)2)16(19)14-10-9-13(3)17-11-14/h5-8,13-14,17H,4,9-11H2,1-3H3. The summed E-state index contributed by atoms with van der Waals surface area (Å²) in [5.74, 6) is 0.381. The molecular weight excluding hydrogens is 236 g/mol. The molecule has 3 nitrogen and oxygen atoms in total. The van der Waals surface area contributed by atoms with E-state index in [0.29, 0.717) is 6.04 Å². The first-order chi connectivity index (χ1) is 9.13. The van der Waals surface area contributed by atoms with Crippen molar-refractivity contribution in [2.45, 2.75) is 39.7 Å². The number of hydrogen-bond acceptors (Lipinski definition) is 2. The van der Waals surface area contributed by atoms with E-state index < -0.39 is 0 Å². The third kappa shape index (κ3) is 3.16. The molecule has 1 heterocycles. The van der Waals surface area contributed by atoms with Gasteiger partial charge in [-0.1, -0.05) is 18.2 Å². The molecular formula is C16H24N2O. The van der Waals surface area contributed by atoms with Crippen LogP contribution in [0.1, 0.15) is 32.3 Å². The topological polar surface area (TPSA) is 32.3 Å². The first-order valence-corrected chi connectivity index (χ1v) is 7.24. The molecule has 0 bridgehead atoms. The molecule has 2 rings (SSSR count). The van der Waals surface area contributed by atoms with Crippen LogP contribution in [0.15, 0.2) is 24.3 Å². The number of hydrogen-bond donors (Lipinski definition) is 1. The number of nitrogens with zero attached hydrogens (tertiary/aromatic N) is 1. The van der Waals surface area contributed by atoms with Gasteiger partial charge in [0.25, 0.3) is 0 Å². The van der Waals surface area contributed by atoms with Crippen LogP contribution in [0.4, 0.5) is 5.69 Å². The van der Waals surface area contributed by atoms with Gasteiger partial charge in [0.1, 0.15) is 0 Å². The van der Waals surface area contributed by atoms with Gasteiger partial charge in [0.05, 0.1) is 5.92 Å². The zero-order valence-electron chi connectivity index (χ0n) is 12.1. The largest absolute Gasteiger partial charge is 0.313 e. The summed E-state index contributed by atoms with van der Waals surface area (Å²) in [6.45, 7) is 7.83. The maximum atomic E-state index is 12.7. The van der Waals surface area contributed by atoms with E-state index >= 15 is 0 Å². The van der Waals surface area contributed by atoms with Crippen LogP contribution < -0.4 is 10.2 Å². The molecule has 0 aromatic heterocycles. The van der Waals surface area contributed by atoms with Gasteiger partial charge in [-0.3, -0.25) is 4.79 Å². The van der Waals surface area contributed by atoms with Gasteiger partial charge >= 0.3 is 0 Å². The van der Waals surface area contributed by atoms with Gasteiger partial charge in [-0.15, -0.1) is 0 Å². The van der Waals surface area contributed by atoms with E-state index in [1.54, 1.807) is 0 Å². The Balaban J connectivity index is 2.14. The van der Waals surface area contributed by atoms with Crippen molar-refractivity contribution < 1.29 is 4.79 Å². The maximum Gasteiger partial charge on any atom is 0.231 e. The maximum absolute atomic E-state index is 12.7. The average Bonchev–Trinajstić information content (AvgIpc) is 2.42. The zero-order valence-corrected chi connectivity index (χ0v) is 12.1. The van der Waals surface area contributed by atoms with Crippen molar-refractivity contribution in [1.82, 2.24) is 5.32 Å². The van der Waals surface area contributed by atoms with Crippen LogP contribution in [0.2, 0.25) is 0 Å². The van der Waals surface area contributed by atoms with E-state index in [-0.39, 0.29) is 11.8 Å². The van der Waals surface area contributed by atoms with E-state index in [4.69, 9.17) is 0 Å². The Hall–Kier alpha value is -1.35. The summed E-state index contributed by atoms with van der Waals surface area (Å²) >= 11 is 0. The average molecular weight is 260 g/mol. The second kappa shape index (κ2) is 6.20. The highest BCUT2D eigenvalue weighted by molar-refractivity contribution is 5.95. The number of carbonyl (C=O) groups is 1. The van der Waals surface area contributed by atoms with E-state index in [2.05, 4.69) is 25.2 Å². The smallest absolute Gasteiger partial charge is 0.231 e. The van der Waals surface area contributed by atoms with Gasteiger partial charge in [-0.05, 0) is 45.2 Å². The number of anilines is 1. The van der Waals surface area contributed by atoms with Crippen LogP contribution >= 0.6 is 0 Å². The summed E-state index contributed by atoms with van der Waals surface area (Å²) in [5, 5.41) is 3.41. The minimum atomic E-state index is 0.121. The van der Waals surface area contributed by atoms with Crippen molar-refractivity contribution in [1.29, 1.82) is 0 Å². The second-order valence-electron chi connectivity index (χ2n) is 5.45. The molecule has 1 aromatic carbocycles. The monoisotopic (exact) mass is 260 g/mol. The van der Waals surface area contributed by atoms with Crippen LogP contribution in [0.25, 0.3) is 0 Å². The predicted octanol–water partition coefficient (Wildman–Crippen LogP) is 2.74. The molecule has 1 aromatic rings. The number of rotatable bonds is 3. The molecule has 0 spiro atoms. The Bertz CT molecular complexity index is 436. The third-order valence-electron chi connectivity index (χ3n) is 4.00. The van der Waals surface area contributed by atoms with Gasteiger partial charge in [-0.25, -0.2) is 0 Å². The van der Waals surface area contributed by atoms with E-state index in [0.717, 1.165) is 37.2 Å². The molecule has 1 amide bonds. The van der Waals surface area contributed by atoms with Crippen LogP contribution in [0.3, 0.4) is 0 Å². The zero-order chi connectivity index (χ0) is 13.8. The highest BCUT2D eigenvalue weighted by Crippen LogP contribution is 2.24. The predicted molar refractivity (Wildman–Crippen MR) is 79.4 cm³/mol. The third-order valence-corrected chi connectivity index (χ3v) is 4.00. The lowest BCUT2D eigenvalue weighted by Gasteiger charge is -2.32. The summed E-state index contributed by atoms with van der Waals surface area (Å²) in [6.07, 6.45) is 2.08. The number of aryl methyl sites for hydroxylation is 1. The quantitative estimate of drug-likeness (QED) is 0.906. The molecule has 104 valence electrons. The Morgan fingerprint density at radius 1 is 1.37 bits per heavy atom. The Morgan fingerprint density at radius 2 is 2.11 bits per heavy atom. The van der Waals surface area contributed by atoms with Gasteiger partial charge < -0.3 is 10.2 Å². The number of amides is 1. The first kappa shape index (κ1) is 14.1. The second-order valence-corrected chi connectivity index (χ2v) is 5.45.